The molecule has 6 nitrogen and oxygen atoms in total. The minimum Gasteiger partial charge on any atom is -0.508 e. The highest BCUT2D eigenvalue weighted by Gasteiger charge is 2.09. The topological polar surface area (TPSA) is 83.5 Å². The predicted octanol–water partition coefficient (Wildman–Crippen LogP) is 3.10. The van der Waals surface area contributed by atoms with Crippen LogP contribution in [0.1, 0.15) is 6.92 Å². The highest BCUT2D eigenvalue weighted by atomic mass is 79.9. The number of hydrogen-bond acceptors (Lipinski definition) is 4. The van der Waals surface area contributed by atoms with Crippen LogP contribution < -0.4 is 15.4 Å². The molecule has 1 heterocycles. The molecule has 1 unspecified atom stereocenters. The molecule has 1 aromatic heterocycles. The molecule has 0 saturated carbocycles. The smallest absolute Gasteiger partial charge is 0.323 e. The second-order valence-corrected chi connectivity index (χ2v) is 5.13. The average molecular weight is 352 g/mol. The molecule has 0 spiro atoms. The molecule has 0 bridgehead atoms. The third kappa shape index (κ3) is 4.96. The van der Waals surface area contributed by atoms with Gasteiger partial charge < -0.3 is 15.2 Å². The van der Waals surface area contributed by atoms with E-state index in [1.54, 1.807) is 37.4 Å². The molecular formula is C14H14BrN3O3. The maximum atomic E-state index is 11.8. The standard InChI is InChI=1S/C14H14BrN3O3/c1-9(21-12-5-3-11(19)4-6-12)17-14(20)18-13-7-2-10(15)8-16-13/h2-9,19H,1H3,(H2,16,17,18,20). The van der Waals surface area contributed by atoms with Gasteiger partial charge in [-0.2, -0.15) is 0 Å². The molecule has 2 rings (SSSR count). The van der Waals surface area contributed by atoms with Gasteiger partial charge in [0.2, 0.25) is 0 Å². The highest BCUT2D eigenvalue weighted by Crippen LogP contribution is 2.16. The Labute approximate surface area is 130 Å². The highest BCUT2D eigenvalue weighted by molar-refractivity contribution is 9.10. The average Bonchev–Trinajstić information content (AvgIpc) is 2.44. The second-order valence-electron chi connectivity index (χ2n) is 4.21. The number of benzene rings is 1. The van der Waals surface area contributed by atoms with Crippen LogP contribution in [-0.4, -0.2) is 22.3 Å². The summed E-state index contributed by atoms with van der Waals surface area (Å²) in [7, 11) is 0. The summed E-state index contributed by atoms with van der Waals surface area (Å²) in [4.78, 5) is 15.8. The Kier molecular flexibility index (Phi) is 4.99. The van der Waals surface area contributed by atoms with Gasteiger partial charge in [0.1, 0.15) is 17.3 Å². The van der Waals surface area contributed by atoms with E-state index in [0.29, 0.717) is 11.6 Å². The number of phenolic OH excluding ortho intramolecular Hbond substituents is 1. The van der Waals surface area contributed by atoms with Crippen LogP contribution in [0.4, 0.5) is 10.6 Å². The Morgan fingerprint density at radius 2 is 2.00 bits per heavy atom. The van der Waals surface area contributed by atoms with Gasteiger partial charge in [-0.1, -0.05) is 0 Å². The van der Waals surface area contributed by atoms with E-state index in [1.165, 1.54) is 12.1 Å². The van der Waals surface area contributed by atoms with E-state index >= 15 is 0 Å². The summed E-state index contributed by atoms with van der Waals surface area (Å²) in [6.07, 6.45) is 1.05. The summed E-state index contributed by atoms with van der Waals surface area (Å²) < 4.78 is 6.32. The zero-order chi connectivity index (χ0) is 15.2. The molecule has 0 aliphatic heterocycles. The zero-order valence-electron chi connectivity index (χ0n) is 11.2. The molecule has 2 amide bonds. The van der Waals surface area contributed by atoms with Crippen LogP contribution in [0.25, 0.3) is 0 Å². The Balaban J connectivity index is 1.84. The van der Waals surface area contributed by atoms with E-state index in [-0.39, 0.29) is 5.75 Å². The maximum absolute atomic E-state index is 11.8. The van der Waals surface area contributed by atoms with E-state index < -0.39 is 12.3 Å². The summed E-state index contributed by atoms with van der Waals surface area (Å²) in [5, 5.41) is 14.4. The Bertz CT molecular complexity index is 602. The van der Waals surface area contributed by atoms with Crippen LogP contribution >= 0.6 is 15.9 Å². The molecule has 1 aromatic carbocycles. The number of pyridine rings is 1. The number of phenols is 1. The number of carbonyl (C=O) groups excluding carboxylic acids is 1. The van der Waals surface area contributed by atoms with Crippen molar-refractivity contribution in [2.45, 2.75) is 13.2 Å². The van der Waals surface area contributed by atoms with Crippen LogP contribution in [0.15, 0.2) is 47.1 Å². The summed E-state index contributed by atoms with van der Waals surface area (Å²) in [5.41, 5.74) is 0. The number of urea groups is 1. The normalized spacial score (nSPS) is 11.5. The van der Waals surface area contributed by atoms with Gasteiger partial charge in [0.15, 0.2) is 6.23 Å². The fourth-order valence-electron chi connectivity index (χ4n) is 1.55. The number of nitrogens with zero attached hydrogens (tertiary/aromatic N) is 1. The van der Waals surface area contributed by atoms with E-state index in [9.17, 15) is 9.90 Å². The molecule has 3 N–H and O–H groups in total. The lowest BCUT2D eigenvalue weighted by molar-refractivity contribution is 0.183. The second kappa shape index (κ2) is 6.94. The van der Waals surface area contributed by atoms with Crippen LogP contribution in [-0.2, 0) is 0 Å². The minimum absolute atomic E-state index is 0.155. The SMILES string of the molecule is CC(NC(=O)Nc1ccc(Br)cn1)Oc1ccc(O)cc1. The molecule has 110 valence electrons. The summed E-state index contributed by atoms with van der Waals surface area (Å²) in [5.74, 6) is 1.14. The number of carbonyl (C=O) groups is 1. The van der Waals surface area contributed by atoms with Crippen molar-refractivity contribution in [1.29, 1.82) is 0 Å². The number of aromatic nitrogens is 1. The monoisotopic (exact) mass is 351 g/mol. The van der Waals surface area contributed by atoms with Crippen LogP contribution in [0.2, 0.25) is 0 Å². The number of nitrogens with one attached hydrogen (secondary N) is 2. The summed E-state index contributed by atoms with van der Waals surface area (Å²) in [6.45, 7) is 1.70. The predicted molar refractivity (Wildman–Crippen MR) is 82.3 cm³/mol. The summed E-state index contributed by atoms with van der Waals surface area (Å²) in [6, 6.07) is 9.27. The Morgan fingerprint density at radius 1 is 1.29 bits per heavy atom. The Morgan fingerprint density at radius 3 is 2.62 bits per heavy atom. The van der Waals surface area contributed by atoms with Crippen molar-refractivity contribution in [1.82, 2.24) is 10.3 Å². The zero-order valence-corrected chi connectivity index (χ0v) is 12.8. The van der Waals surface area contributed by atoms with Gasteiger partial charge in [-0.15, -0.1) is 0 Å². The number of halogens is 1. The van der Waals surface area contributed by atoms with Crippen molar-refractivity contribution < 1.29 is 14.6 Å². The van der Waals surface area contributed by atoms with Gasteiger partial charge in [-0.3, -0.25) is 5.32 Å². The molecule has 1 atom stereocenters. The van der Waals surface area contributed by atoms with Crippen molar-refractivity contribution in [3.63, 3.8) is 0 Å². The molecule has 0 aliphatic carbocycles. The molecule has 21 heavy (non-hydrogen) atoms. The third-order valence-corrected chi connectivity index (χ3v) is 2.92. The minimum atomic E-state index is -0.537. The van der Waals surface area contributed by atoms with Crippen molar-refractivity contribution in [3.05, 3.63) is 47.1 Å². The van der Waals surface area contributed by atoms with Gasteiger partial charge >= 0.3 is 6.03 Å². The van der Waals surface area contributed by atoms with Crippen molar-refractivity contribution in [2.75, 3.05) is 5.32 Å². The first-order valence-corrected chi connectivity index (χ1v) is 6.97. The van der Waals surface area contributed by atoms with Gasteiger partial charge in [0.25, 0.3) is 0 Å². The van der Waals surface area contributed by atoms with Crippen LogP contribution in [0, 0.1) is 0 Å². The number of ether oxygens (including phenoxy) is 1. The van der Waals surface area contributed by atoms with Gasteiger partial charge in [-0.05, 0) is 59.3 Å². The van der Waals surface area contributed by atoms with Gasteiger partial charge in [-0.25, -0.2) is 9.78 Å². The number of anilines is 1. The Hall–Kier alpha value is -2.28. The fourth-order valence-corrected chi connectivity index (χ4v) is 1.78. The lowest BCUT2D eigenvalue weighted by Gasteiger charge is -2.16. The van der Waals surface area contributed by atoms with Crippen molar-refractivity contribution in [2.24, 2.45) is 0 Å². The first-order chi connectivity index (χ1) is 10.0. The molecule has 7 heteroatoms. The first-order valence-electron chi connectivity index (χ1n) is 6.18. The van der Waals surface area contributed by atoms with Gasteiger partial charge in [0, 0.05) is 10.7 Å². The lowest BCUT2D eigenvalue weighted by atomic mass is 10.3. The summed E-state index contributed by atoms with van der Waals surface area (Å²) >= 11 is 3.27. The number of aromatic hydroxyl groups is 1. The van der Waals surface area contributed by atoms with Gasteiger partial charge in [0.05, 0.1) is 0 Å². The van der Waals surface area contributed by atoms with E-state index in [0.717, 1.165) is 4.47 Å². The van der Waals surface area contributed by atoms with E-state index in [2.05, 4.69) is 31.5 Å². The van der Waals surface area contributed by atoms with E-state index in [4.69, 9.17) is 4.74 Å². The molecule has 0 radical (unpaired) electrons. The fraction of sp³-hybridized carbons (Fsp3) is 0.143. The van der Waals surface area contributed by atoms with Crippen molar-refractivity contribution in [3.8, 4) is 11.5 Å². The molecular weight excluding hydrogens is 338 g/mol. The molecule has 0 aliphatic rings. The van der Waals surface area contributed by atoms with E-state index in [1.807, 2.05) is 0 Å². The van der Waals surface area contributed by atoms with Crippen LogP contribution in [0.5, 0.6) is 11.5 Å². The molecule has 2 aromatic rings. The number of hydrogen-bond donors (Lipinski definition) is 3. The maximum Gasteiger partial charge on any atom is 0.323 e. The van der Waals surface area contributed by atoms with Crippen LogP contribution in [0.3, 0.4) is 0 Å². The molecule has 0 saturated heterocycles. The third-order valence-electron chi connectivity index (χ3n) is 2.45. The number of amides is 2. The first kappa shape index (κ1) is 15.1. The van der Waals surface area contributed by atoms with Crippen molar-refractivity contribution >= 4 is 27.8 Å². The lowest BCUT2D eigenvalue weighted by Crippen LogP contribution is -2.39. The quantitative estimate of drug-likeness (QED) is 0.739. The largest absolute Gasteiger partial charge is 0.508 e. The number of rotatable bonds is 4. The molecule has 0 fully saturated rings.